The molecule has 0 bridgehead atoms. The predicted molar refractivity (Wildman–Crippen MR) is 77.0 cm³/mol. The molecule has 2 aromatic rings. The summed E-state index contributed by atoms with van der Waals surface area (Å²) in [5.74, 6) is -1.71. The third kappa shape index (κ3) is 4.79. The molecule has 0 aliphatic carbocycles. The van der Waals surface area contributed by atoms with Gasteiger partial charge in [0.05, 0.1) is 15.5 Å². The number of rotatable bonds is 5. The summed E-state index contributed by atoms with van der Waals surface area (Å²) in [4.78, 5) is 9.31. The third-order valence-corrected chi connectivity index (χ3v) is 4.15. The first-order chi connectivity index (χ1) is 11.5. The summed E-state index contributed by atoms with van der Waals surface area (Å²) in [6, 6.07) is 5.34. The zero-order valence-corrected chi connectivity index (χ0v) is 12.8. The average molecular weight is 380 g/mol. The SMILES string of the molecule is O=[N+]([O-])c1ccc(F)c(NS(=O)(=O)c2ccc(OC(F)(F)F)cc2)c1. The maximum absolute atomic E-state index is 13.6. The second kappa shape index (κ2) is 6.55. The van der Waals surface area contributed by atoms with E-state index in [0.29, 0.717) is 12.1 Å². The van der Waals surface area contributed by atoms with Crippen LogP contribution in [-0.2, 0) is 10.0 Å². The van der Waals surface area contributed by atoms with Crippen LogP contribution in [0.25, 0.3) is 0 Å². The van der Waals surface area contributed by atoms with Crippen molar-refractivity contribution < 1.29 is 35.6 Å². The molecule has 2 rings (SSSR count). The van der Waals surface area contributed by atoms with E-state index < -0.39 is 49.1 Å². The summed E-state index contributed by atoms with van der Waals surface area (Å²) in [7, 11) is -4.39. The average Bonchev–Trinajstić information content (AvgIpc) is 2.48. The molecule has 0 saturated heterocycles. The van der Waals surface area contributed by atoms with Crippen LogP contribution in [0.3, 0.4) is 0 Å². The van der Waals surface area contributed by atoms with Gasteiger partial charge >= 0.3 is 6.36 Å². The van der Waals surface area contributed by atoms with Crippen molar-refractivity contribution in [1.29, 1.82) is 0 Å². The van der Waals surface area contributed by atoms with Gasteiger partial charge in [-0.25, -0.2) is 12.8 Å². The van der Waals surface area contributed by atoms with E-state index in [1.807, 2.05) is 0 Å². The van der Waals surface area contributed by atoms with Crippen molar-refractivity contribution in [3.05, 3.63) is 58.4 Å². The molecular formula is C13H8F4N2O5S. The summed E-state index contributed by atoms with van der Waals surface area (Å²) in [5.41, 5.74) is -1.22. The standard InChI is InChI=1S/C13H8F4N2O5S/c14-11-6-1-8(19(20)21)7-12(11)18-25(22,23)10-4-2-9(3-5-10)24-13(15,16)17/h1-7,18H. The Kier molecular flexibility index (Phi) is 4.83. The van der Waals surface area contributed by atoms with Crippen molar-refractivity contribution in [2.45, 2.75) is 11.3 Å². The molecule has 0 aliphatic rings. The van der Waals surface area contributed by atoms with Crippen LogP contribution in [0.2, 0.25) is 0 Å². The topological polar surface area (TPSA) is 98.5 Å². The van der Waals surface area contributed by atoms with E-state index in [1.54, 1.807) is 4.72 Å². The van der Waals surface area contributed by atoms with E-state index in [-0.39, 0.29) is 0 Å². The molecule has 0 atom stereocenters. The monoisotopic (exact) mass is 380 g/mol. The zero-order valence-electron chi connectivity index (χ0n) is 12.0. The Morgan fingerprint density at radius 1 is 1.08 bits per heavy atom. The smallest absolute Gasteiger partial charge is 0.406 e. The lowest BCUT2D eigenvalue weighted by Gasteiger charge is -2.11. The number of nitrogens with zero attached hydrogens (tertiary/aromatic N) is 1. The van der Waals surface area contributed by atoms with Crippen molar-refractivity contribution in [3.8, 4) is 5.75 Å². The number of non-ortho nitro benzene ring substituents is 1. The lowest BCUT2D eigenvalue weighted by molar-refractivity contribution is -0.384. The van der Waals surface area contributed by atoms with Crippen LogP contribution in [-0.4, -0.2) is 19.7 Å². The number of hydrogen-bond donors (Lipinski definition) is 1. The fraction of sp³-hybridized carbons (Fsp3) is 0.0769. The molecule has 0 fully saturated rings. The summed E-state index contributed by atoms with van der Waals surface area (Å²) in [6.07, 6.45) is -4.94. The molecule has 0 amide bonds. The second-order valence-electron chi connectivity index (χ2n) is 4.55. The number of benzene rings is 2. The van der Waals surface area contributed by atoms with E-state index in [9.17, 15) is 36.1 Å². The summed E-state index contributed by atoms with van der Waals surface area (Å²) >= 11 is 0. The summed E-state index contributed by atoms with van der Waals surface area (Å²) in [5, 5.41) is 10.7. The molecule has 0 spiro atoms. The second-order valence-corrected chi connectivity index (χ2v) is 6.23. The number of anilines is 1. The van der Waals surface area contributed by atoms with Gasteiger partial charge in [-0.15, -0.1) is 13.2 Å². The minimum atomic E-state index is -4.94. The van der Waals surface area contributed by atoms with Gasteiger partial charge in [-0.05, 0) is 30.3 Å². The van der Waals surface area contributed by atoms with Crippen LogP contribution in [0.1, 0.15) is 0 Å². The molecule has 0 heterocycles. The van der Waals surface area contributed by atoms with Gasteiger partial charge < -0.3 is 4.74 Å². The van der Waals surface area contributed by atoms with E-state index in [2.05, 4.69) is 4.74 Å². The van der Waals surface area contributed by atoms with Crippen molar-refractivity contribution >= 4 is 21.4 Å². The Bertz CT molecular complexity index is 898. The molecule has 12 heteroatoms. The van der Waals surface area contributed by atoms with Gasteiger partial charge in [0, 0.05) is 12.1 Å². The Hall–Kier alpha value is -2.89. The number of ether oxygens (including phenoxy) is 1. The molecule has 2 aromatic carbocycles. The lowest BCUT2D eigenvalue weighted by atomic mass is 10.3. The first-order valence-electron chi connectivity index (χ1n) is 6.30. The summed E-state index contributed by atoms with van der Waals surface area (Å²) < 4.78 is 79.5. The highest BCUT2D eigenvalue weighted by Crippen LogP contribution is 2.26. The van der Waals surface area contributed by atoms with E-state index in [0.717, 1.165) is 30.3 Å². The van der Waals surface area contributed by atoms with Crippen LogP contribution in [0, 0.1) is 15.9 Å². The number of alkyl halides is 3. The summed E-state index contributed by atoms with van der Waals surface area (Å²) in [6.45, 7) is 0. The van der Waals surface area contributed by atoms with Crippen molar-refractivity contribution in [3.63, 3.8) is 0 Å². The Morgan fingerprint density at radius 3 is 2.20 bits per heavy atom. The van der Waals surface area contributed by atoms with E-state index >= 15 is 0 Å². The van der Waals surface area contributed by atoms with Crippen LogP contribution < -0.4 is 9.46 Å². The number of nitrogens with one attached hydrogen (secondary N) is 1. The van der Waals surface area contributed by atoms with Crippen LogP contribution in [0.5, 0.6) is 5.75 Å². The molecule has 1 N–H and O–H groups in total. The molecule has 0 saturated carbocycles. The van der Waals surface area contributed by atoms with Crippen LogP contribution in [0.4, 0.5) is 28.9 Å². The number of hydrogen-bond acceptors (Lipinski definition) is 5. The maximum atomic E-state index is 13.6. The molecule has 7 nitrogen and oxygen atoms in total. The fourth-order valence-electron chi connectivity index (χ4n) is 1.73. The van der Waals surface area contributed by atoms with E-state index in [4.69, 9.17) is 0 Å². The molecule has 0 aliphatic heterocycles. The van der Waals surface area contributed by atoms with Gasteiger partial charge in [0.25, 0.3) is 15.7 Å². The fourth-order valence-corrected chi connectivity index (χ4v) is 2.79. The molecular weight excluding hydrogens is 372 g/mol. The first kappa shape index (κ1) is 18.4. The highest BCUT2D eigenvalue weighted by atomic mass is 32.2. The number of nitro benzene ring substituents is 1. The van der Waals surface area contributed by atoms with Crippen molar-refractivity contribution in [2.75, 3.05) is 4.72 Å². The Morgan fingerprint density at radius 2 is 1.68 bits per heavy atom. The minimum Gasteiger partial charge on any atom is -0.406 e. The molecule has 0 unspecified atom stereocenters. The lowest BCUT2D eigenvalue weighted by Crippen LogP contribution is -2.17. The molecule has 0 aromatic heterocycles. The van der Waals surface area contributed by atoms with Crippen molar-refractivity contribution in [1.82, 2.24) is 0 Å². The zero-order chi connectivity index (χ0) is 18.8. The predicted octanol–water partition coefficient (Wildman–Crippen LogP) is 3.43. The van der Waals surface area contributed by atoms with Gasteiger partial charge in [-0.3, -0.25) is 14.8 Å². The normalized spacial score (nSPS) is 11.8. The van der Waals surface area contributed by atoms with Crippen LogP contribution >= 0.6 is 0 Å². The van der Waals surface area contributed by atoms with Gasteiger partial charge in [-0.2, -0.15) is 0 Å². The minimum absolute atomic E-state index is 0.493. The number of nitro groups is 1. The van der Waals surface area contributed by atoms with Gasteiger partial charge in [0.15, 0.2) is 0 Å². The van der Waals surface area contributed by atoms with Gasteiger partial charge in [-0.1, -0.05) is 0 Å². The van der Waals surface area contributed by atoms with Gasteiger partial charge in [0.1, 0.15) is 11.6 Å². The third-order valence-electron chi connectivity index (χ3n) is 2.77. The molecule has 25 heavy (non-hydrogen) atoms. The van der Waals surface area contributed by atoms with Crippen molar-refractivity contribution in [2.24, 2.45) is 0 Å². The first-order valence-corrected chi connectivity index (χ1v) is 7.79. The largest absolute Gasteiger partial charge is 0.573 e. The van der Waals surface area contributed by atoms with Crippen LogP contribution in [0.15, 0.2) is 47.4 Å². The Balaban J connectivity index is 2.28. The van der Waals surface area contributed by atoms with E-state index in [1.165, 1.54) is 0 Å². The maximum Gasteiger partial charge on any atom is 0.573 e. The quantitative estimate of drug-likeness (QED) is 0.487. The molecule has 0 radical (unpaired) electrons. The Labute approximate surface area is 138 Å². The number of halogens is 4. The highest BCUT2D eigenvalue weighted by molar-refractivity contribution is 7.92. The highest BCUT2D eigenvalue weighted by Gasteiger charge is 2.31. The molecule has 134 valence electrons. The van der Waals surface area contributed by atoms with Gasteiger partial charge in [0.2, 0.25) is 0 Å². The number of sulfonamides is 1.